The molecule has 2 nitrogen and oxygen atoms in total. The molecule has 12 heavy (non-hydrogen) atoms. The van der Waals surface area contributed by atoms with Gasteiger partial charge < -0.3 is 10.1 Å². The fraction of sp³-hybridized carbons (Fsp3) is 1.00. The zero-order chi connectivity index (χ0) is 8.39. The molecule has 0 bridgehead atoms. The molecule has 2 aliphatic rings. The van der Waals surface area contributed by atoms with Gasteiger partial charge in [-0.25, -0.2) is 0 Å². The lowest BCUT2D eigenvalue weighted by Gasteiger charge is -2.28. The van der Waals surface area contributed by atoms with Crippen molar-refractivity contribution in [2.45, 2.75) is 56.7 Å². The van der Waals surface area contributed by atoms with E-state index in [0.29, 0.717) is 6.10 Å². The quantitative estimate of drug-likeness (QED) is 0.694. The summed E-state index contributed by atoms with van der Waals surface area (Å²) in [6.45, 7) is 0. The molecule has 0 amide bonds. The molecule has 0 aliphatic heterocycles. The molecule has 2 rings (SSSR count). The lowest BCUT2D eigenvalue weighted by molar-refractivity contribution is 0.0623. The average Bonchev–Trinajstić information content (AvgIpc) is 2.90. The second-order valence-electron chi connectivity index (χ2n) is 4.15. The van der Waals surface area contributed by atoms with Gasteiger partial charge in [0.1, 0.15) is 0 Å². The predicted octanol–water partition coefficient (Wildman–Crippen LogP) is 1.70. The Labute approximate surface area is 74.7 Å². The second kappa shape index (κ2) is 3.75. The summed E-state index contributed by atoms with van der Waals surface area (Å²) < 4.78 is 5.33. The third-order valence-electron chi connectivity index (χ3n) is 3.06. The highest BCUT2D eigenvalue weighted by atomic mass is 16.5. The first-order valence-corrected chi connectivity index (χ1v) is 5.17. The maximum Gasteiger partial charge on any atom is 0.0572 e. The normalized spacial score (nSPS) is 36.8. The second-order valence-corrected chi connectivity index (χ2v) is 4.15. The van der Waals surface area contributed by atoms with Crippen molar-refractivity contribution in [3.05, 3.63) is 0 Å². The van der Waals surface area contributed by atoms with E-state index in [1.54, 1.807) is 0 Å². The van der Waals surface area contributed by atoms with Crippen LogP contribution in [0.4, 0.5) is 0 Å². The zero-order valence-corrected chi connectivity index (χ0v) is 7.88. The number of hydrogen-bond acceptors (Lipinski definition) is 2. The Morgan fingerprint density at radius 3 is 1.83 bits per heavy atom. The van der Waals surface area contributed by atoms with Crippen LogP contribution in [0.15, 0.2) is 0 Å². The van der Waals surface area contributed by atoms with E-state index < -0.39 is 0 Å². The zero-order valence-electron chi connectivity index (χ0n) is 7.88. The summed E-state index contributed by atoms with van der Waals surface area (Å²) in [5, 5.41) is 3.68. The van der Waals surface area contributed by atoms with Crippen molar-refractivity contribution in [1.29, 1.82) is 0 Å². The van der Waals surface area contributed by atoms with E-state index in [0.717, 1.165) is 12.1 Å². The first-order valence-electron chi connectivity index (χ1n) is 5.17. The number of nitrogens with one attached hydrogen (secondary N) is 1. The molecule has 0 atom stereocenters. The van der Waals surface area contributed by atoms with Crippen LogP contribution in [0.25, 0.3) is 0 Å². The molecule has 2 aliphatic carbocycles. The highest BCUT2D eigenvalue weighted by Crippen LogP contribution is 2.25. The summed E-state index contributed by atoms with van der Waals surface area (Å²) in [5.74, 6) is 0. The van der Waals surface area contributed by atoms with Gasteiger partial charge in [0.2, 0.25) is 0 Å². The molecule has 70 valence electrons. The van der Waals surface area contributed by atoms with Crippen LogP contribution in [0.5, 0.6) is 0 Å². The summed E-state index contributed by atoms with van der Waals surface area (Å²) >= 11 is 0. The summed E-state index contributed by atoms with van der Waals surface area (Å²) in [6.07, 6.45) is 8.49. The minimum atomic E-state index is 0.544. The van der Waals surface area contributed by atoms with Crippen molar-refractivity contribution < 1.29 is 4.74 Å². The van der Waals surface area contributed by atoms with Crippen molar-refractivity contribution in [2.24, 2.45) is 0 Å². The number of methoxy groups -OCH3 is 1. The van der Waals surface area contributed by atoms with Crippen LogP contribution in [-0.4, -0.2) is 25.3 Å². The minimum Gasteiger partial charge on any atom is -0.381 e. The molecular weight excluding hydrogens is 150 g/mol. The molecule has 0 radical (unpaired) electrons. The van der Waals surface area contributed by atoms with Gasteiger partial charge in [-0.2, -0.15) is 0 Å². The Balaban J connectivity index is 1.66. The fourth-order valence-electron chi connectivity index (χ4n) is 2.05. The van der Waals surface area contributed by atoms with Gasteiger partial charge in [-0.3, -0.25) is 0 Å². The SMILES string of the molecule is COC1CCC(NC2CC2)CC1. The van der Waals surface area contributed by atoms with Crippen molar-refractivity contribution in [2.75, 3.05) is 7.11 Å². The predicted molar refractivity (Wildman–Crippen MR) is 49.2 cm³/mol. The van der Waals surface area contributed by atoms with Gasteiger partial charge in [-0.1, -0.05) is 0 Å². The van der Waals surface area contributed by atoms with Crippen molar-refractivity contribution in [3.8, 4) is 0 Å². The Bertz CT molecular complexity index is 137. The van der Waals surface area contributed by atoms with Crippen molar-refractivity contribution in [3.63, 3.8) is 0 Å². The van der Waals surface area contributed by atoms with E-state index in [2.05, 4.69) is 5.32 Å². The van der Waals surface area contributed by atoms with E-state index in [1.165, 1.54) is 38.5 Å². The average molecular weight is 169 g/mol. The van der Waals surface area contributed by atoms with Crippen LogP contribution in [-0.2, 0) is 4.74 Å². The highest BCUT2D eigenvalue weighted by Gasteiger charge is 2.27. The molecule has 0 heterocycles. The van der Waals surface area contributed by atoms with Crippen LogP contribution in [0, 0.1) is 0 Å². The number of rotatable bonds is 3. The largest absolute Gasteiger partial charge is 0.381 e. The van der Waals surface area contributed by atoms with Gasteiger partial charge in [0.25, 0.3) is 0 Å². The van der Waals surface area contributed by atoms with E-state index >= 15 is 0 Å². The minimum absolute atomic E-state index is 0.544. The summed E-state index contributed by atoms with van der Waals surface area (Å²) in [4.78, 5) is 0. The molecule has 2 saturated carbocycles. The monoisotopic (exact) mass is 169 g/mol. The molecule has 1 N–H and O–H groups in total. The smallest absolute Gasteiger partial charge is 0.0572 e. The van der Waals surface area contributed by atoms with Crippen molar-refractivity contribution >= 4 is 0 Å². The molecule has 2 fully saturated rings. The Morgan fingerprint density at radius 1 is 0.917 bits per heavy atom. The molecule has 0 spiro atoms. The molecule has 0 aromatic rings. The summed E-state index contributed by atoms with van der Waals surface area (Å²) in [6, 6.07) is 1.66. The lowest BCUT2D eigenvalue weighted by atomic mass is 9.93. The summed E-state index contributed by atoms with van der Waals surface area (Å²) in [7, 11) is 1.83. The standard InChI is InChI=1S/C10H19NO/c1-12-10-6-4-9(5-7-10)11-8-2-3-8/h8-11H,2-7H2,1H3. The van der Waals surface area contributed by atoms with Gasteiger partial charge in [0, 0.05) is 19.2 Å². The van der Waals surface area contributed by atoms with Crippen LogP contribution in [0.2, 0.25) is 0 Å². The number of hydrogen-bond donors (Lipinski definition) is 1. The molecule has 0 aromatic heterocycles. The van der Waals surface area contributed by atoms with Gasteiger partial charge in [-0.15, -0.1) is 0 Å². The van der Waals surface area contributed by atoms with E-state index in [1.807, 2.05) is 7.11 Å². The van der Waals surface area contributed by atoms with E-state index in [9.17, 15) is 0 Å². The van der Waals surface area contributed by atoms with Gasteiger partial charge >= 0.3 is 0 Å². The van der Waals surface area contributed by atoms with Crippen LogP contribution in [0.3, 0.4) is 0 Å². The van der Waals surface area contributed by atoms with Gasteiger partial charge in [0.05, 0.1) is 6.10 Å². The lowest BCUT2D eigenvalue weighted by Crippen LogP contribution is -2.36. The third kappa shape index (κ3) is 2.20. The van der Waals surface area contributed by atoms with Gasteiger partial charge in [0.15, 0.2) is 0 Å². The Hall–Kier alpha value is -0.0800. The molecular formula is C10H19NO. The highest BCUT2D eigenvalue weighted by molar-refractivity contribution is 4.87. The van der Waals surface area contributed by atoms with Crippen LogP contribution < -0.4 is 5.32 Å². The topological polar surface area (TPSA) is 21.3 Å². The third-order valence-corrected chi connectivity index (χ3v) is 3.06. The van der Waals surface area contributed by atoms with Crippen LogP contribution in [0.1, 0.15) is 38.5 Å². The van der Waals surface area contributed by atoms with Crippen LogP contribution >= 0.6 is 0 Å². The molecule has 0 saturated heterocycles. The van der Waals surface area contributed by atoms with E-state index in [4.69, 9.17) is 4.74 Å². The Kier molecular flexibility index (Phi) is 2.66. The first kappa shape index (κ1) is 8.52. The van der Waals surface area contributed by atoms with E-state index in [-0.39, 0.29) is 0 Å². The van der Waals surface area contributed by atoms with Gasteiger partial charge in [-0.05, 0) is 38.5 Å². The first-order chi connectivity index (χ1) is 5.88. The molecule has 0 aromatic carbocycles. The fourth-order valence-corrected chi connectivity index (χ4v) is 2.05. The molecule has 2 heteroatoms. The molecule has 0 unspecified atom stereocenters. The maximum absolute atomic E-state index is 5.33. The summed E-state index contributed by atoms with van der Waals surface area (Å²) in [5.41, 5.74) is 0. The Morgan fingerprint density at radius 2 is 1.42 bits per heavy atom. The maximum atomic E-state index is 5.33. The van der Waals surface area contributed by atoms with Crippen molar-refractivity contribution in [1.82, 2.24) is 5.32 Å². The number of ether oxygens (including phenoxy) is 1.